The fraction of sp³-hybridized carbons (Fsp3) is 0.480. The predicted octanol–water partition coefficient (Wildman–Crippen LogP) is 6.74. The van der Waals surface area contributed by atoms with Gasteiger partial charge in [0.1, 0.15) is 11.5 Å². The predicted molar refractivity (Wildman–Crippen MR) is 127 cm³/mol. The van der Waals surface area contributed by atoms with E-state index in [-0.39, 0.29) is 59.4 Å². The number of rotatable bonds is 7. The van der Waals surface area contributed by atoms with Crippen LogP contribution in [0.5, 0.6) is 0 Å². The van der Waals surface area contributed by atoms with Crippen molar-refractivity contribution in [2.75, 3.05) is 0 Å². The molecule has 1 aliphatic carbocycles. The lowest BCUT2D eigenvalue weighted by Gasteiger charge is -2.36. The van der Waals surface area contributed by atoms with Gasteiger partial charge in [0, 0.05) is 36.0 Å². The molecule has 8 heteroatoms. The lowest BCUT2D eigenvalue weighted by atomic mass is 9.78. The van der Waals surface area contributed by atoms with Gasteiger partial charge in [-0.05, 0) is 53.9 Å². The minimum Gasteiger partial charge on any atom is -0.413 e. The number of ketones is 2. The highest BCUT2D eigenvalue weighted by atomic mass is 35.5. The average Bonchev–Trinajstić information content (AvgIpc) is 2.73. The van der Waals surface area contributed by atoms with Crippen LogP contribution >= 0.6 is 11.6 Å². The molecule has 1 aromatic carbocycles. The van der Waals surface area contributed by atoms with Gasteiger partial charge in [-0.3, -0.25) is 14.6 Å². The second kappa shape index (κ2) is 9.35. The summed E-state index contributed by atoms with van der Waals surface area (Å²) in [5.41, 5.74) is -1.10. The third-order valence-corrected chi connectivity index (χ3v) is 11.7. The quantitative estimate of drug-likeness (QED) is 0.401. The van der Waals surface area contributed by atoms with Crippen molar-refractivity contribution in [3.63, 3.8) is 0 Å². The summed E-state index contributed by atoms with van der Waals surface area (Å²) in [5, 5.41) is 0.158. The van der Waals surface area contributed by atoms with Gasteiger partial charge in [0.2, 0.25) is 0 Å². The number of benzene rings is 1. The molecule has 1 aliphatic rings. The van der Waals surface area contributed by atoms with Crippen LogP contribution in [0, 0.1) is 5.82 Å². The van der Waals surface area contributed by atoms with Crippen LogP contribution in [0.1, 0.15) is 67.2 Å². The van der Waals surface area contributed by atoms with Gasteiger partial charge < -0.3 is 4.43 Å². The minimum absolute atomic E-state index is 0.0165. The SMILES string of the molecule is CC(C)(C)[Si](C)(C)OCc1cc(F)cc(Cl)c1CCC(=O)[C@]1(F)CCC(=O)c2ncccc21. The average molecular weight is 494 g/mol. The molecule has 0 radical (unpaired) electrons. The van der Waals surface area contributed by atoms with E-state index in [1.54, 1.807) is 0 Å². The third-order valence-electron chi connectivity index (χ3n) is 6.89. The zero-order valence-corrected chi connectivity index (χ0v) is 21.5. The van der Waals surface area contributed by atoms with Crippen LogP contribution < -0.4 is 0 Å². The third kappa shape index (κ3) is 5.25. The van der Waals surface area contributed by atoms with Gasteiger partial charge in [-0.25, -0.2) is 8.78 Å². The standard InChI is InChI=1S/C25H30ClF2NO3Si/c1-24(2,3)33(4,5)32-15-16-13-17(27)14-20(26)18(16)8-9-22(31)25(28)11-10-21(30)23-19(25)7-6-12-29-23/h6-7,12-14H,8-11,15H2,1-5H3/t25-/m0/s1. The molecule has 0 N–H and O–H groups in total. The highest BCUT2D eigenvalue weighted by Crippen LogP contribution is 2.40. The maximum Gasteiger partial charge on any atom is 0.196 e. The van der Waals surface area contributed by atoms with Crippen LogP contribution in [-0.2, 0) is 27.9 Å². The van der Waals surface area contributed by atoms with E-state index in [1.807, 2.05) is 0 Å². The van der Waals surface area contributed by atoms with E-state index in [2.05, 4.69) is 38.8 Å². The number of halogens is 3. The molecule has 1 aromatic heterocycles. The van der Waals surface area contributed by atoms with Gasteiger partial charge in [-0.2, -0.15) is 0 Å². The van der Waals surface area contributed by atoms with Crippen molar-refractivity contribution in [3.8, 4) is 0 Å². The fourth-order valence-corrected chi connectivity index (χ4v) is 5.02. The number of carbonyl (C=O) groups excluding carboxylic acids is 2. The Labute approximate surface area is 199 Å². The molecule has 0 amide bonds. The number of carbonyl (C=O) groups is 2. The minimum atomic E-state index is -2.28. The van der Waals surface area contributed by atoms with Gasteiger partial charge in [-0.1, -0.05) is 38.4 Å². The van der Waals surface area contributed by atoms with Crippen molar-refractivity contribution < 1.29 is 22.8 Å². The van der Waals surface area contributed by atoms with E-state index in [4.69, 9.17) is 16.0 Å². The molecule has 33 heavy (non-hydrogen) atoms. The summed E-state index contributed by atoms with van der Waals surface area (Å²) in [5.74, 6) is -1.39. The maximum absolute atomic E-state index is 15.9. The number of hydrogen-bond donors (Lipinski definition) is 0. The smallest absolute Gasteiger partial charge is 0.196 e. The van der Waals surface area contributed by atoms with Crippen LogP contribution in [0.15, 0.2) is 30.5 Å². The molecule has 1 heterocycles. The molecule has 3 rings (SSSR count). The summed E-state index contributed by atoms with van der Waals surface area (Å²) in [7, 11) is -2.11. The van der Waals surface area contributed by atoms with Gasteiger partial charge in [-0.15, -0.1) is 0 Å². The van der Waals surface area contributed by atoms with Gasteiger partial charge in [0.25, 0.3) is 0 Å². The molecular formula is C25H30ClF2NO3Si. The largest absolute Gasteiger partial charge is 0.413 e. The van der Waals surface area contributed by atoms with Crippen molar-refractivity contribution in [2.45, 2.75) is 76.9 Å². The van der Waals surface area contributed by atoms with Gasteiger partial charge >= 0.3 is 0 Å². The number of hydrogen-bond acceptors (Lipinski definition) is 4. The molecule has 0 saturated carbocycles. The Morgan fingerprint density at radius 1 is 1.30 bits per heavy atom. The van der Waals surface area contributed by atoms with Crippen molar-refractivity contribution in [1.82, 2.24) is 4.98 Å². The molecule has 0 unspecified atom stereocenters. The van der Waals surface area contributed by atoms with Crippen molar-refractivity contribution in [2.24, 2.45) is 0 Å². The molecule has 2 aromatic rings. The zero-order valence-electron chi connectivity index (χ0n) is 19.7. The first-order chi connectivity index (χ1) is 15.3. The molecule has 0 spiro atoms. The normalized spacial score (nSPS) is 18.8. The van der Waals surface area contributed by atoms with Crippen molar-refractivity contribution >= 4 is 31.5 Å². The Kier molecular flexibility index (Phi) is 7.27. The van der Waals surface area contributed by atoms with Crippen LogP contribution in [0.25, 0.3) is 0 Å². The lowest BCUT2D eigenvalue weighted by molar-refractivity contribution is -0.131. The monoisotopic (exact) mass is 493 g/mol. The Morgan fingerprint density at radius 2 is 2.00 bits per heavy atom. The highest BCUT2D eigenvalue weighted by molar-refractivity contribution is 6.74. The topological polar surface area (TPSA) is 56.3 Å². The number of pyridine rings is 1. The molecule has 4 nitrogen and oxygen atoms in total. The maximum atomic E-state index is 15.9. The zero-order chi connectivity index (χ0) is 24.6. The molecule has 0 fully saturated rings. The van der Waals surface area contributed by atoms with Crippen LogP contribution in [0.3, 0.4) is 0 Å². The molecule has 1 atom stereocenters. The summed E-state index contributed by atoms with van der Waals surface area (Å²) < 4.78 is 36.2. The first-order valence-corrected chi connectivity index (χ1v) is 14.4. The first kappa shape index (κ1) is 25.7. The molecule has 0 saturated heterocycles. The van der Waals surface area contributed by atoms with E-state index in [0.29, 0.717) is 11.1 Å². The Balaban J connectivity index is 1.82. The molecular weight excluding hydrogens is 464 g/mol. The van der Waals surface area contributed by atoms with Crippen LogP contribution in [0.2, 0.25) is 23.2 Å². The second-order valence-electron chi connectivity index (χ2n) is 10.1. The molecule has 0 aliphatic heterocycles. The second-order valence-corrected chi connectivity index (χ2v) is 15.3. The van der Waals surface area contributed by atoms with Crippen LogP contribution in [-0.4, -0.2) is 24.9 Å². The molecule has 178 valence electrons. The number of nitrogens with zero attached hydrogens (tertiary/aromatic N) is 1. The molecule has 0 bridgehead atoms. The van der Waals surface area contributed by atoms with Gasteiger partial charge in [0.15, 0.2) is 25.6 Å². The fourth-order valence-electron chi connectivity index (χ4n) is 3.75. The number of fused-ring (bicyclic) bond motifs is 1. The Hall–Kier alpha value is -1.96. The summed E-state index contributed by atoms with van der Waals surface area (Å²) >= 11 is 6.33. The summed E-state index contributed by atoms with van der Waals surface area (Å²) in [6.07, 6.45) is 1.14. The number of Topliss-reactive ketones (excluding diaryl/α,β-unsaturated/α-hetero) is 2. The van der Waals surface area contributed by atoms with Crippen molar-refractivity contribution in [1.29, 1.82) is 0 Å². The Morgan fingerprint density at radius 3 is 2.67 bits per heavy atom. The number of aromatic nitrogens is 1. The number of alkyl halides is 1. The first-order valence-electron chi connectivity index (χ1n) is 11.1. The summed E-state index contributed by atoms with van der Waals surface area (Å²) in [4.78, 5) is 29.1. The summed E-state index contributed by atoms with van der Waals surface area (Å²) in [6, 6.07) is 5.52. The highest BCUT2D eigenvalue weighted by Gasteiger charge is 2.46. The van der Waals surface area contributed by atoms with E-state index >= 15 is 4.39 Å². The van der Waals surface area contributed by atoms with Crippen molar-refractivity contribution in [3.05, 3.63) is 63.7 Å². The van der Waals surface area contributed by atoms with E-state index in [0.717, 1.165) is 0 Å². The van der Waals surface area contributed by atoms with E-state index in [1.165, 1.54) is 30.5 Å². The lowest BCUT2D eigenvalue weighted by Crippen LogP contribution is -2.40. The Bertz CT molecular complexity index is 1080. The van der Waals surface area contributed by atoms with Crippen LogP contribution in [0.4, 0.5) is 8.78 Å². The van der Waals surface area contributed by atoms with E-state index in [9.17, 15) is 14.0 Å². The van der Waals surface area contributed by atoms with Gasteiger partial charge in [0.05, 0.1) is 6.61 Å². The summed E-state index contributed by atoms with van der Waals surface area (Å²) in [6.45, 7) is 10.7. The van der Waals surface area contributed by atoms with E-state index < -0.39 is 25.6 Å².